The summed E-state index contributed by atoms with van der Waals surface area (Å²) in [4.78, 5) is 20.0. The van der Waals surface area contributed by atoms with E-state index in [-0.39, 0.29) is 5.76 Å². The van der Waals surface area contributed by atoms with Crippen molar-refractivity contribution in [2.75, 3.05) is 0 Å². The Morgan fingerprint density at radius 1 is 1.23 bits per heavy atom. The van der Waals surface area contributed by atoms with Crippen molar-refractivity contribution in [2.45, 2.75) is 25.6 Å². The minimum Gasteiger partial charge on any atom is -0.550 e. The van der Waals surface area contributed by atoms with Gasteiger partial charge >= 0.3 is 5.97 Å². The molecule has 22 heavy (non-hydrogen) atoms. The van der Waals surface area contributed by atoms with E-state index in [0.29, 0.717) is 0 Å². The molecule has 0 fully saturated rings. The zero-order chi connectivity index (χ0) is 16.8. The van der Waals surface area contributed by atoms with E-state index in [2.05, 4.69) is 0 Å². The zero-order valence-corrected chi connectivity index (χ0v) is 12.2. The summed E-state index contributed by atoms with van der Waals surface area (Å²) in [5.74, 6) is -4.04. The summed E-state index contributed by atoms with van der Waals surface area (Å²) in [6.07, 6.45) is 4.04. The van der Waals surface area contributed by atoms with Crippen molar-refractivity contribution in [3.63, 3.8) is 0 Å². The van der Waals surface area contributed by atoms with Gasteiger partial charge in [0.25, 0.3) is 0 Å². The second-order valence-electron chi connectivity index (χ2n) is 4.65. The molecule has 0 aliphatic heterocycles. The molecule has 2 atom stereocenters. The highest BCUT2D eigenvalue weighted by Crippen LogP contribution is 2.36. The Hall–Kier alpha value is -2.60. The van der Waals surface area contributed by atoms with E-state index in [1.807, 2.05) is 18.2 Å². The first kappa shape index (κ1) is 17.5. The van der Waals surface area contributed by atoms with E-state index in [1.54, 1.807) is 12.1 Å². The van der Waals surface area contributed by atoms with E-state index in [0.717, 1.165) is 12.5 Å². The summed E-state index contributed by atoms with van der Waals surface area (Å²) in [6.45, 7) is 2.20. The zero-order valence-electron chi connectivity index (χ0n) is 12.2. The van der Waals surface area contributed by atoms with Crippen LogP contribution >= 0.6 is 0 Å². The van der Waals surface area contributed by atoms with Crippen LogP contribution in [0.3, 0.4) is 0 Å². The molecule has 1 aromatic rings. The summed E-state index contributed by atoms with van der Waals surface area (Å²) < 4.78 is 4.97. The van der Waals surface area contributed by atoms with Crippen LogP contribution in [0.1, 0.15) is 25.3 Å². The van der Waals surface area contributed by atoms with E-state index < -0.39 is 23.6 Å². The van der Waals surface area contributed by atoms with Crippen LogP contribution in [0, 0.1) is 0 Å². The fourth-order valence-electron chi connectivity index (χ4n) is 1.98. The molecule has 0 bridgehead atoms. The summed E-state index contributed by atoms with van der Waals surface area (Å²) in [7, 11) is 0. The van der Waals surface area contributed by atoms with Gasteiger partial charge < -0.3 is 24.9 Å². The van der Waals surface area contributed by atoms with Crippen LogP contribution in [-0.2, 0) is 14.3 Å². The Kier molecular flexibility index (Phi) is 5.89. The molecule has 1 aromatic carbocycles. The van der Waals surface area contributed by atoms with Gasteiger partial charge in [-0.2, -0.15) is 0 Å². The SMILES string of the molecule is CC(=O)OC1(O)C=CC(O)=CC1c1ccccc1.CC(=O)[O-]. The average Bonchev–Trinajstić information content (AvgIpc) is 2.41. The number of carboxylic acid groups (broad SMARTS) is 1. The van der Waals surface area contributed by atoms with Crippen LogP contribution in [0.2, 0.25) is 0 Å². The maximum absolute atomic E-state index is 11.1. The fourth-order valence-corrected chi connectivity index (χ4v) is 1.98. The summed E-state index contributed by atoms with van der Waals surface area (Å²) in [5.41, 5.74) is 0.747. The summed E-state index contributed by atoms with van der Waals surface area (Å²) in [5, 5.41) is 28.8. The number of aliphatic hydroxyl groups is 2. The van der Waals surface area contributed by atoms with Gasteiger partial charge in [-0.25, -0.2) is 0 Å². The van der Waals surface area contributed by atoms with Gasteiger partial charge in [-0.05, 0) is 30.7 Å². The molecule has 2 unspecified atom stereocenters. The molecule has 0 saturated heterocycles. The number of hydrogen-bond acceptors (Lipinski definition) is 6. The third-order valence-electron chi connectivity index (χ3n) is 2.74. The second kappa shape index (κ2) is 7.42. The van der Waals surface area contributed by atoms with Crippen molar-refractivity contribution in [3.8, 4) is 0 Å². The lowest BCUT2D eigenvalue weighted by atomic mass is 9.86. The van der Waals surface area contributed by atoms with E-state index in [4.69, 9.17) is 14.6 Å². The predicted octanol–water partition coefficient (Wildman–Crippen LogP) is 0.790. The van der Waals surface area contributed by atoms with Gasteiger partial charge in [0, 0.05) is 12.9 Å². The first-order valence-electron chi connectivity index (χ1n) is 6.49. The summed E-state index contributed by atoms with van der Waals surface area (Å²) in [6, 6.07) is 9.06. The molecular formula is C16H17O6-. The maximum atomic E-state index is 11.1. The molecule has 118 valence electrons. The molecule has 0 heterocycles. The normalized spacial score (nSPS) is 22.9. The number of aliphatic hydroxyl groups excluding tert-OH is 1. The number of carbonyl (C=O) groups is 2. The van der Waals surface area contributed by atoms with Crippen LogP contribution < -0.4 is 5.11 Å². The predicted molar refractivity (Wildman–Crippen MR) is 76.4 cm³/mol. The Bertz CT molecular complexity index is 586. The Labute approximate surface area is 128 Å². The van der Waals surface area contributed by atoms with Crippen molar-refractivity contribution in [1.82, 2.24) is 0 Å². The maximum Gasteiger partial charge on any atom is 0.305 e. The van der Waals surface area contributed by atoms with Crippen LogP contribution in [0.15, 0.2) is 54.3 Å². The van der Waals surface area contributed by atoms with Crippen molar-refractivity contribution in [1.29, 1.82) is 0 Å². The monoisotopic (exact) mass is 305 g/mol. The topological polar surface area (TPSA) is 107 Å². The van der Waals surface area contributed by atoms with Crippen molar-refractivity contribution >= 4 is 11.9 Å². The third-order valence-corrected chi connectivity index (χ3v) is 2.74. The molecule has 2 N–H and O–H groups in total. The number of ether oxygens (including phenoxy) is 1. The molecule has 0 spiro atoms. The van der Waals surface area contributed by atoms with Gasteiger partial charge in [0.05, 0.1) is 5.92 Å². The molecule has 0 saturated carbocycles. The number of aliphatic carboxylic acids is 1. The highest BCUT2D eigenvalue weighted by molar-refractivity contribution is 5.67. The average molecular weight is 305 g/mol. The number of hydrogen-bond donors (Lipinski definition) is 2. The number of esters is 1. The number of carboxylic acids is 1. The number of allylic oxidation sites excluding steroid dienone is 1. The van der Waals surface area contributed by atoms with Crippen molar-refractivity contribution in [3.05, 3.63) is 59.9 Å². The second-order valence-corrected chi connectivity index (χ2v) is 4.65. The highest BCUT2D eigenvalue weighted by Gasteiger charge is 2.39. The molecule has 1 aliphatic rings. The molecule has 6 nitrogen and oxygen atoms in total. The minimum atomic E-state index is -1.76. The van der Waals surface area contributed by atoms with E-state index >= 15 is 0 Å². The first-order valence-corrected chi connectivity index (χ1v) is 6.49. The van der Waals surface area contributed by atoms with Gasteiger partial charge in [0.15, 0.2) is 0 Å². The number of rotatable bonds is 2. The lowest BCUT2D eigenvalue weighted by molar-refractivity contribution is -0.302. The van der Waals surface area contributed by atoms with Gasteiger partial charge in [0.2, 0.25) is 5.79 Å². The van der Waals surface area contributed by atoms with Crippen LogP contribution in [0.4, 0.5) is 0 Å². The summed E-state index contributed by atoms with van der Waals surface area (Å²) >= 11 is 0. The standard InChI is InChI=1S/C14H14O4.C2H4O2/c1-10(15)18-14(17)8-7-12(16)9-13(14)11-5-3-2-4-6-11;1-2(3)4/h2-9,13,16-17H,1H3;1H3,(H,3,4)/p-1. The van der Waals surface area contributed by atoms with Crippen LogP contribution in [-0.4, -0.2) is 27.9 Å². The Morgan fingerprint density at radius 3 is 2.27 bits per heavy atom. The number of carbonyl (C=O) groups excluding carboxylic acids is 2. The number of benzene rings is 1. The Morgan fingerprint density at radius 2 is 1.77 bits per heavy atom. The van der Waals surface area contributed by atoms with E-state index in [1.165, 1.54) is 25.2 Å². The molecule has 0 amide bonds. The van der Waals surface area contributed by atoms with Crippen LogP contribution in [0.25, 0.3) is 0 Å². The van der Waals surface area contributed by atoms with Gasteiger partial charge in [-0.1, -0.05) is 30.3 Å². The van der Waals surface area contributed by atoms with Gasteiger partial charge in [0.1, 0.15) is 5.76 Å². The van der Waals surface area contributed by atoms with E-state index in [9.17, 15) is 15.0 Å². The first-order chi connectivity index (χ1) is 10.2. The largest absolute Gasteiger partial charge is 0.550 e. The third kappa shape index (κ3) is 5.06. The van der Waals surface area contributed by atoms with Crippen molar-refractivity contribution in [2.24, 2.45) is 0 Å². The fraction of sp³-hybridized carbons (Fsp3) is 0.250. The molecule has 2 rings (SSSR count). The van der Waals surface area contributed by atoms with Crippen LogP contribution in [0.5, 0.6) is 0 Å². The smallest absolute Gasteiger partial charge is 0.305 e. The molecular weight excluding hydrogens is 288 g/mol. The molecule has 0 aromatic heterocycles. The lowest BCUT2D eigenvalue weighted by Gasteiger charge is -2.33. The Balaban J connectivity index is 0.000000541. The van der Waals surface area contributed by atoms with Gasteiger partial charge in [-0.3, -0.25) is 4.79 Å². The quantitative estimate of drug-likeness (QED) is 0.618. The molecule has 0 radical (unpaired) electrons. The molecule has 1 aliphatic carbocycles. The highest BCUT2D eigenvalue weighted by atomic mass is 16.7. The molecule has 6 heteroatoms. The van der Waals surface area contributed by atoms with Gasteiger partial charge in [-0.15, -0.1) is 0 Å². The minimum absolute atomic E-state index is 0.0284. The van der Waals surface area contributed by atoms with Crippen molar-refractivity contribution < 1.29 is 29.6 Å². The lowest BCUT2D eigenvalue weighted by Crippen LogP contribution is -2.39.